The van der Waals surface area contributed by atoms with E-state index in [2.05, 4.69) is 27.7 Å². The first-order chi connectivity index (χ1) is 12.5. The van der Waals surface area contributed by atoms with Gasteiger partial charge in [0, 0.05) is 0 Å². The number of carbonyl (C=O) groups is 1. The lowest BCUT2D eigenvalue weighted by atomic mass is 9.85. The summed E-state index contributed by atoms with van der Waals surface area (Å²) in [6, 6.07) is 0. The summed E-state index contributed by atoms with van der Waals surface area (Å²) in [6.07, 6.45) is 19.6. The standard InChI is InChI=1S/C24H48O2/c1-5-7-13-18-22(16-6-2)20-23(24(25)26)19-15-12-10-8-9-11-14-17-21(3)4/h21-23H,5-20H2,1-4H3,(H,25,26). The van der Waals surface area contributed by atoms with Crippen molar-refractivity contribution in [2.24, 2.45) is 17.8 Å². The summed E-state index contributed by atoms with van der Waals surface area (Å²) in [5.41, 5.74) is 0. The maximum atomic E-state index is 11.7. The van der Waals surface area contributed by atoms with Crippen molar-refractivity contribution < 1.29 is 9.90 Å². The number of hydrogen-bond donors (Lipinski definition) is 1. The Bertz CT molecular complexity index is 311. The predicted molar refractivity (Wildman–Crippen MR) is 115 cm³/mol. The van der Waals surface area contributed by atoms with Crippen molar-refractivity contribution in [3.8, 4) is 0 Å². The molecule has 2 heteroatoms. The van der Waals surface area contributed by atoms with Crippen molar-refractivity contribution in [3.63, 3.8) is 0 Å². The molecule has 2 unspecified atom stereocenters. The van der Waals surface area contributed by atoms with Gasteiger partial charge in [0.25, 0.3) is 0 Å². The average Bonchev–Trinajstić information content (AvgIpc) is 2.58. The highest BCUT2D eigenvalue weighted by molar-refractivity contribution is 5.69. The minimum Gasteiger partial charge on any atom is -0.481 e. The smallest absolute Gasteiger partial charge is 0.306 e. The summed E-state index contributed by atoms with van der Waals surface area (Å²) in [6.45, 7) is 9.06. The van der Waals surface area contributed by atoms with E-state index in [0.29, 0.717) is 5.92 Å². The van der Waals surface area contributed by atoms with Gasteiger partial charge in [-0.25, -0.2) is 0 Å². The molecule has 0 rings (SSSR count). The molecule has 26 heavy (non-hydrogen) atoms. The van der Waals surface area contributed by atoms with Crippen LogP contribution < -0.4 is 0 Å². The fourth-order valence-electron chi connectivity index (χ4n) is 4.04. The highest BCUT2D eigenvalue weighted by Gasteiger charge is 2.21. The molecule has 0 bridgehead atoms. The third-order valence-electron chi connectivity index (χ3n) is 5.71. The van der Waals surface area contributed by atoms with E-state index < -0.39 is 5.97 Å². The summed E-state index contributed by atoms with van der Waals surface area (Å²) in [4.78, 5) is 11.7. The lowest BCUT2D eigenvalue weighted by molar-refractivity contribution is -0.142. The molecule has 0 saturated heterocycles. The van der Waals surface area contributed by atoms with Crippen molar-refractivity contribution in [2.45, 2.75) is 130 Å². The lowest BCUT2D eigenvalue weighted by Gasteiger charge is -2.21. The van der Waals surface area contributed by atoms with Crippen LogP contribution in [0.1, 0.15) is 130 Å². The Labute approximate surface area is 164 Å². The molecule has 0 aromatic rings. The van der Waals surface area contributed by atoms with Crippen LogP contribution in [0.5, 0.6) is 0 Å². The predicted octanol–water partition coefficient (Wildman–Crippen LogP) is 8.24. The van der Waals surface area contributed by atoms with Gasteiger partial charge in [0.2, 0.25) is 0 Å². The molecule has 0 spiro atoms. The Morgan fingerprint density at radius 1 is 0.692 bits per heavy atom. The summed E-state index contributed by atoms with van der Waals surface area (Å²) >= 11 is 0. The quantitative estimate of drug-likeness (QED) is 0.233. The Hall–Kier alpha value is -0.530. The van der Waals surface area contributed by atoms with Gasteiger partial charge >= 0.3 is 5.97 Å². The Balaban J connectivity index is 3.91. The van der Waals surface area contributed by atoms with E-state index >= 15 is 0 Å². The Morgan fingerprint density at radius 3 is 1.73 bits per heavy atom. The van der Waals surface area contributed by atoms with Crippen LogP contribution in [0, 0.1) is 17.8 Å². The first-order valence-corrected chi connectivity index (χ1v) is 11.7. The first kappa shape index (κ1) is 25.5. The molecule has 1 N–H and O–H groups in total. The van der Waals surface area contributed by atoms with Crippen LogP contribution in [0.15, 0.2) is 0 Å². The summed E-state index contributed by atoms with van der Waals surface area (Å²) < 4.78 is 0. The van der Waals surface area contributed by atoms with E-state index in [-0.39, 0.29) is 5.92 Å². The monoisotopic (exact) mass is 368 g/mol. The second-order valence-corrected chi connectivity index (χ2v) is 8.87. The lowest BCUT2D eigenvalue weighted by Crippen LogP contribution is -2.18. The van der Waals surface area contributed by atoms with Crippen LogP contribution in [0.2, 0.25) is 0 Å². The molecule has 0 amide bonds. The fourth-order valence-corrected chi connectivity index (χ4v) is 4.04. The number of carboxylic acids is 1. The molecule has 0 aromatic heterocycles. The SMILES string of the molecule is CCCCCC(CCC)CC(CCCCCCCCCC(C)C)C(=O)O. The fraction of sp³-hybridized carbons (Fsp3) is 0.958. The minimum atomic E-state index is -0.560. The molecule has 0 aliphatic rings. The van der Waals surface area contributed by atoms with Crippen LogP contribution >= 0.6 is 0 Å². The molecule has 0 fully saturated rings. The van der Waals surface area contributed by atoms with Crippen LogP contribution in [0.25, 0.3) is 0 Å². The van der Waals surface area contributed by atoms with Gasteiger partial charge in [-0.1, -0.05) is 118 Å². The van der Waals surface area contributed by atoms with E-state index in [1.165, 1.54) is 83.5 Å². The number of hydrogen-bond acceptors (Lipinski definition) is 1. The third kappa shape index (κ3) is 15.7. The molecular formula is C24H48O2. The van der Waals surface area contributed by atoms with Gasteiger partial charge < -0.3 is 5.11 Å². The van der Waals surface area contributed by atoms with E-state index in [1.54, 1.807) is 0 Å². The molecular weight excluding hydrogens is 320 g/mol. The molecule has 0 saturated carbocycles. The van der Waals surface area contributed by atoms with E-state index in [4.69, 9.17) is 0 Å². The highest BCUT2D eigenvalue weighted by atomic mass is 16.4. The van der Waals surface area contributed by atoms with Gasteiger partial charge in [0.05, 0.1) is 5.92 Å². The molecule has 2 nitrogen and oxygen atoms in total. The van der Waals surface area contributed by atoms with Crippen LogP contribution in [-0.4, -0.2) is 11.1 Å². The summed E-state index contributed by atoms with van der Waals surface area (Å²) in [7, 11) is 0. The van der Waals surface area contributed by atoms with Gasteiger partial charge in [-0.3, -0.25) is 4.79 Å². The maximum Gasteiger partial charge on any atom is 0.306 e. The van der Waals surface area contributed by atoms with Gasteiger partial charge in [-0.05, 0) is 24.7 Å². The first-order valence-electron chi connectivity index (χ1n) is 11.7. The number of rotatable bonds is 19. The van der Waals surface area contributed by atoms with E-state index in [9.17, 15) is 9.90 Å². The largest absolute Gasteiger partial charge is 0.481 e. The zero-order valence-electron chi connectivity index (χ0n) is 18.4. The van der Waals surface area contributed by atoms with Crippen molar-refractivity contribution in [1.82, 2.24) is 0 Å². The van der Waals surface area contributed by atoms with Gasteiger partial charge in [-0.2, -0.15) is 0 Å². The van der Waals surface area contributed by atoms with Crippen molar-refractivity contribution >= 4 is 5.97 Å². The van der Waals surface area contributed by atoms with Gasteiger partial charge in [0.15, 0.2) is 0 Å². The second kappa shape index (κ2) is 17.9. The zero-order chi connectivity index (χ0) is 19.6. The highest BCUT2D eigenvalue weighted by Crippen LogP contribution is 2.27. The van der Waals surface area contributed by atoms with E-state index in [1.807, 2.05) is 0 Å². The topological polar surface area (TPSA) is 37.3 Å². The zero-order valence-corrected chi connectivity index (χ0v) is 18.4. The molecule has 0 aliphatic heterocycles. The second-order valence-electron chi connectivity index (χ2n) is 8.87. The van der Waals surface area contributed by atoms with Crippen molar-refractivity contribution in [1.29, 1.82) is 0 Å². The molecule has 0 aromatic carbocycles. The Morgan fingerprint density at radius 2 is 1.23 bits per heavy atom. The number of unbranched alkanes of at least 4 members (excludes halogenated alkanes) is 8. The maximum absolute atomic E-state index is 11.7. The van der Waals surface area contributed by atoms with Gasteiger partial charge in [0.1, 0.15) is 0 Å². The van der Waals surface area contributed by atoms with Crippen LogP contribution in [-0.2, 0) is 4.79 Å². The van der Waals surface area contributed by atoms with Crippen LogP contribution in [0.4, 0.5) is 0 Å². The number of carboxylic acid groups (broad SMARTS) is 1. The number of aliphatic carboxylic acids is 1. The van der Waals surface area contributed by atoms with Crippen molar-refractivity contribution in [3.05, 3.63) is 0 Å². The van der Waals surface area contributed by atoms with E-state index in [0.717, 1.165) is 25.2 Å². The molecule has 0 aliphatic carbocycles. The average molecular weight is 369 g/mol. The summed E-state index contributed by atoms with van der Waals surface area (Å²) in [5.74, 6) is 0.782. The Kier molecular flexibility index (Phi) is 17.5. The molecule has 0 radical (unpaired) electrons. The molecule has 2 atom stereocenters. The molecule has 0 heterocycles. The van der Waals surface area contributed by atoms with Crippen LogP contribution in [0.3, 0.4) is 0 Å². The normalized spacial score (nSPS) is 13.9. The molecule has 156 valence electrons. The van der Waals surface area contributed by atoms with Crippen molar-refractivity contribution in [2.75, 3.05) is 0 Å². The van der Waals surface area contributed by atoms with Gasteiger partial charge in [-0.15, -0.1) is 0 Å². The summed E-state index contributed by atoms with van der Waals surface area (Å²) in [5, 5.41) is 9.61. The third-order valence-corrected chi connectivity index (χ3v) is 5.71. The minimum absolute atomic E-state index is 0.112.